The van der Waals surface area contributed by atoms with Crippen molar-refractivity contribution in [2.45, 2.75) is 70.8 Å². The zero-order valence-corrected chi connectivity index (χ0v) is 20.1. The lowest BCUT2D eigenvalue weighted by Crippen LogP contribution is -2.49. The van der Waals surface area contributed by atoms with Gasteiger partial charge in [0.25, 0.3) is 0 Å². The summed E-state index contributed by atoms with van der Waals surface area (Å²) >= 11 is 0. The molecule has 7 nitrogen and oxygen atoms in total. The third-order valence-corrected chi connectivity index (χ3v) is 6.95. The van der Waals surface area contributed by atoms with Gasteiger partial charge in [-0.1, -0.05) is 50.8 Å². The SMILES string of the molecule is CCCCN1C(=O)CCC(C(=O)NCCNC(=O)C2CCCCC2)C1c1ccccc1OC. The first-order chi connectivity index (χ1) is 16.1. The number of rotatable bonds is 10. The number of nitrogens with one attached hydrogen (secondary N) is 2. The van der Waals surface area contributed by atoms with Crippen molar-refractivity contribution in [2.75, 3.05) is 26.7 Å². The van der Waals surface area contributed by atoms with E-state index in [9.17, 15) is 14.4 Å². The summed E-state index contributed by atoms with van der Waals surface area (Å²) in [5.41, 5.74) is 0.870. The summed E-state index contributed by atoms with van der Waals surface area (Å²) in [6.45, 7) is 3.53. The van der Waals surface area contributed by atoms with Crippen molar-refractivity contribution in [2.24, 2.45) is 11.8 Å². The van der Waals surface area contributed by atoms with Gasteiger partial charge in [0.1, 0.15) is 5.75 Å². The lowest BCUT2D eigenvalue weighted by atomic mass is 9.83. The van der Waals surface area contributed by atoms with Gasteiger partial charge in [0.2, 0.25) is 17.7 Å². The molecule has 1 saturated heterocycles. The molecule has 0 bridgehead atoms. The third kappa shape index (κ3) is 6.49. The van der Waals surface area contributed by atoms with E-state index >= 15 is 0 Å². The van der Waals surface area contributed by atoms with Crippen LogP contribution in [0.25, 0.3) is 0 Å². The van der Waals surface area contributed by atoms with Crippen LogP contribution in [0.2, 0.25) is 0 Å². The molecule has 0 radical (unpaired) electrons. The van der Waals surface area contributed by atoms with E-state index in [2.05, 4.69) is 17.6 Å². The van der Waals surface area contributed by atoms with Crippen LogP contribution < -0.4 is 15.4 Å². The standard InChI is InChI=1S/C26H39N3O4/c1-3-4-18-29-23(30)15-14-21(24(29)20-12-8-9-13-22(20)33-2)26(32)28-17-16-27-25(31)19-10-6-5-7-11-19/h8-9,12-13,19,21,24H,3-7,10-11,14-18H2,1-2H3,(H,27,31)(H,28,32). The summed E-state index contributed by atoms with van der Waals surface area (Å²) in [5, 5.41) is 5.98. The van der Waals surface area contributed by atoms with Crippen molar-refractivity contribution in [1.82, 2.24) is 15.5 Å². The van der Waals surface area contributed by atoms with Crippen molar-refractivity contribution in [3.05, 3.63) is 29.8 Å². The van der Waals surface area contributed by atoms with Gasteiger partial charge in [-0.25, -0.2) is 0 Å². The predicted octanol–water partition coefficient (Wildman–Crippen LogP) is 3.59. The van der Waals surface area contributed by atoms with Gasteiger partial charge in [0.05, 0.1) is 19.1 Å². The van der Waals surface area contributed by atoms with Crippen molar-refractivity contribution < 1.29 is 19.1 Å². The van der Waals surface area contributed by atoms with Crippen LogP contribution >= 0.6 is 0 Å². The normalized spacial score (nSPS) is 21.5. The Bertz CT molecular complexity index is 806. The van der Waals surface area contributed by atoms with Gasteiger partial charge in [-0.05, 0) is 31.7 Å². The zero-order valence-electron chi connectivity index (χ0n) is 20.1. The van der Waals surface area contributed by atoms with E-state index in [4.69, 9.17) is 4.74 Å². The second-order valence-corrected chi connectivity index (χ2v) is 9.19. The van der Waals surface area contributed by atoms with Crippen LogP contribution in [-0.2, 0) is 14.4 Å². The van der Waals surface area contributed by atoms with Gasteiger partial charge >= 0.3 is 0 Å². The van der Waals surface area contributed by atoms with Crippen LogP contribution in [-0.4, -0.2) is 49.4 Å². The summed E-state index contributed by atoms with van der Waals surface area (Å²) in [5.74, 6) is 0.557. The number of carbonyl (C=O) groups excluding carboxylic acids is 3. The first-order valence-electron chi connectivity index (χ1n) is 12.5. The van der Waals surface area contributed by atoms with E-state index in [0.29, 0.717) is 38.2 Å². The molecule has 1 aliphatic heterocycles. The number of ether oxygens (including phenoxy) is 1. The highest BCUT2D eigenvalue weighted by Gasteiger charge is 2.41. The molecule has 33 heavy (non-hydrogen) atoms. The second-order valence-electron chi connectivity index (χ2n) is 9.19. The van der Waals surface area contributed by atoms with E-state index in [-0.39, 0.29) is 35.6 Å². The van der Waals surface area contributed by atoms with Crippen LogP contribution in [0, 0.1) is 11.8 Å². The van der Waals surface area contributed by atoms with E-state index in [1.165, 1.54) is 6.42 Å². The molecule has 1 saturated carbocycles. The molecule has 0 aromatic heterocycles. The molecule has 1 heterocycles. The van der Waals surface area contributed by atoms with Gasteiger partial charge in [-0.15, -0.1) is 0 Å². The summed E-state index contributed by atoms with van der Waals surface area (Å²) < 4.78 is 5.58. The molecule has 2 aliphatic rings. The van der Waals surface area contributed by atoms with E-state index in [1.54, 1.807) is 7.11 Å². The summed E-state index contributed by atoms with van der Waals surface area (Å²) in [4.78, 5) is 40.3. The van der Waals surface area contributed by atoms with Gasteiger partial charge < -0.3 is 20.3 Å². The zero-order chi connectivity index (χ0) is 23.6. The topological polar surface area (TPSA) is 87.7 Å². The summed E-state index contributed by atoms with van der Waals surface area (Å²) in [6.07, 6.45) is 8.11. The van der Waals surface area contributed by atoms with Crippen LogP contribution in [0.15, 0.2) is 24.3 Å². The number of unbranched alkanes of at least 4 members (excludes halogenated alkanes) is 1. The number of benzene rings is 1. The lowest BCUT2D eigenvalue weighted by Gasteiger charge is -2.41. The number of likely N-dealkylation sites (tertiary alicyclic amines) is 1. The maximum absolute atomic E-state index is 13.3. The average molecular weight is 458 g/mol. The molecule has 1 aromatic rings. The molecule has 2 unspecified atom stereocenters. The highest BCUT2D eigenvalue weighted by atomic mass is 16.5. The quantitative estimate of drug-likeness (QED) is 0.526. The lowest BCUT2D eigenvalue weighted by molar-refractivity contribution is -0.143. The number of hydrogen-bond acceptors (Lipinski definition) is 4. The molecule has 2 N–H and O–H groups in total. The van der Waals surface area contributed by atoms with Crippen molar-refractivity contribution in [1.29, 1.82) is 0 Å². The minimum Gasteiger partial charge on any atom is -0.496 e. The average Bonchev–Trinajstić information content (AvgIpc) is 2.85. The molecule has 1 aromatic carbocycles. The van der Waals surface area contributed by atoms with E-state index in [0.717, 1.165) is 44.1 Å². The number of carbonyl (C=O) groups is 3. The highest BCUT2D eigenvalue weighted by molar-refractivity contribution is 5.85. The molecule has 1 aliphatic carbocycles. The third-order valence-electron chi connectivity index (χ3n) is 6.95. The largest absolute Gasteiger partial charge is 0.496 e. The second kappa shape index (κ2) is 12.6. The van der Waals surface area contributed by atoms with Crippen LogP contribution in [0.3, 0.4) is 0 Å². The Balaban J connectivity index is 1.66. The fraction of sp³-hybridized carbons (Fsp3) is 0.654. The number of hydrogen-bond donors (Lipinski definition) is 2. The van der Waals surface area contributed by atoms with Crippen molar-refractivity contribution in [3.63, 3.8) is 0 Å². The molecule has 2 atom stereocenters. The fourth-order valence-electron chi connectivity index (χ4n) is 5.13. The van der Waals surface area contributed by atoms with E-state index in [1.807, 2.05) is 29.2 Å². The maximum Gasteiger partial charge on any atom is 0.225 e. The number of nitrogens with zero attached hydrogens (tertiary/aromatic N) is 1. The number of methoxy groups -OCH3 is 1. The fourth-order valence-corrected chi connectivity index (χ4v) is 5.13. The molecular weight excluding hydrogens is 418 g/mol. The Hall–Kier alpha value is -2.57. The Morgan fingerprint density at radius 1 is 1.03 bits per heavy atom. The molecule has 182 valence electrons. The number of piperidine rings is 1. The van der Waals surface area contributed by atoms with Crippen LogP contribution in [0.5, 0.6) is 5.75 Å². The maximum atomic E-state index is 13.3. The van der Waals surface area contributed by atoms with Gasteiger partial charge in [-0.2, -0.15) is 0 Å². The number of para-hydroxylation sites is 1. The van der Waals surface area contributed by atoms with Crippen LogP contribution in [0.4, 0.5) is 0 Å². The molecular formula is C26H39N3O4. The van der Waals surface area contributed by atoms with Gasteiger partial charge in [0, 0.05) is 37.5 Å². The Labute approximate surface area is 197 Å². The summed E-state index contributed by atoms with van der Waals surface area (Å²) in [6, 6.07) is 7.29. The Kier molecular flexibility index (Phi) is 9.58. The predicted molar refractivity (Wildman–Crippen MR) is 128 cm³/mol. The minimum atomic E-state index is -0.357. The summed E-state index contributed by atoms with van der Waals surface area (Å²) in [7, 11) is 1.62. The highest BCUT2D eigenvalue weighted by Crippen LogP contribution is 2.40. The van der Waals surface area contributed by atoms with Crippen molar-refractivity contribution in [3.8, 4) is 5.75 Å². The van der Waals surface area contributed by atoms with Gasteiger partial charge in [-0.3, -0.25) is 14.4 Å². The monoisotopic (exact) mass is 457 g/mol. The Morgan fingerprint density at radius 3 is 2.42 bits per heavy atom. The molecule has 0 spiro atoms. The molecule has 3 amide bonds. The Morgan fingerprint density at radius 2 is 1.73 bits per heavy atom. The van der Waals surface area contributed by atoms with E-state index < -0.39 is 0 Å². The molecule has 3 rings (SSSR count). The smallest absolute Gasteiger partial charge is 0.225 e. The first-order valence-corrected chi connectivity index (χ1v) is 12.5. The first kappa shape index (κ1) is 25.1. The minimum absolute atomic E-state index is 0.0770. The molecule has 2 fully saturated rings. The van der Waals surface area contributed by atoms with Crippen molar-refractivity contribution >= 4 is 17.7 Å². The molecule has 7 heteroatoms. The number of amides is 3. The van der Waals surface area contributed by atoms with Gasteiger partial charge in [0.15, 0.2) is 0 Å². The van der Waals surface area contributed by atoms with Crippen LogP contribution in [0.1, 0.15) is 76.3 Å².